The number of carbonyl (C=O) groups is 1. The molecule has 0 unspecified atom stereocenters. The smallest absolute Gasteiger partial charge is 0.267 e. The number of nitrogens with zero attached hydrogens (tertiary/aromatic N) is 3. The van der Waals surface area contributed by atoms with E-state index in [9.17, 15) is 14.9 Å². The van der Waals surface area contributed by atoms with Gasteiger partial charge in [0.05, 0.1) is 10.5 Å². The second kappa shape index (κ2) is 5.73. The van der Waals surface area contributed by atoms with Crippen LogP contribution in [0.5, 0.6) is 0 Å². The number of benzene rings is 1. The van der Waals surface area contributed by atoms with E-state index in [2.05, 4.69) is 0 Å². The molecule has 0 aromatic heterocycles. The van der Waals surface area contributed by atoms with Crippen molar-refractivity contribution >= 4 is 35.1 Å². The number of hydrogen-bond acceptors (Lipinski definition) is 4. The Morgan fingerprint density at radius 1 is 1.26 bits per heavy atom. The topological polar surface area (TPSA) is 66.7 Å². The molecule has 104 valence electrons. The Hall–Kier alpha value is -1.37. The minimum atomic E-state index is -0.732. The first-order valence-electron chi connectivity index (χ1n) is 5.36. The van der Waals surface area contributed by atoms with E-state index in [-0.39, 0.29) is 11.3 Å². The number of halogens is 2. The summed E-state index contributed by atoms with van der Waals surface area (Å²) in [5, 5.41) is 11.9. The van der Waals surface area contributed by atoms with Gasteiger partial charge in [-0.05, 0) is 30.9 Å². The molecule has 0 saturated carbocycles. The number of nitro groups is 1. The lowest BCUT2D eigenvalue weighted by atomic mass is 10.1. The van der Waals surface area contributed by atoms with Crippen LogP contribution >= 0.6 is 23.6 Å². The average Bonchev–Trinajstić information content (AvgIpc) is 2.26. The SMILES string of the molecule is CC(C)(C)N(C(=O)c1ccccc1[N+](=O)[O-])N(Cl)Cl. The number of para-hydroxylation sites is 1. The van der Waals surface area contributed by atoms with Crippen LogP contribution < -0.4 is 0 Å². The van der Waals surface area contributed by atoms with Crippen molar-refractivity contribution in [3.05, 3.63) is 39.9 Å². The Morgan fingerprint density at radius 3 is 2.21 bits per heavy atom. The Morgan fingerprint density at radius 2 is 1.79 bits per heavy atom. The number of nitro benzene ring substituents is 1. The van der Waals surface area contributed by atoms with Gasteiger partial charge in [0.25, 0.3) is 11.6 Å². The zero-order chi connectivity index (χ0) is 14.8. The number of hydrazine groups is 1. The fourth-order valence-electron chi connectivity index (χ4n) is 1.53. The minimum absolute atomic E-state index is 0.0753. The Balaban J connectivity index is 3.29. The van der Waals surface area contributed by atoms with Gasteiger partial charge < -0.3 is 0 Å². The molecule has 1 aromatic rings. The van der Waals surface area contributed by atoms with Gasteiger partial charge in [-0.3, -0.25) is 14.9 Å². The maximum absolute atomic E-state index is 12.4. The molecule has 8 heteroatoms. The Bertz CT molecular complexity index is 500. The van der Waals surface area contributed by atoms with Gasteiger partial charge in [-0.1, -0.05) is 12.1 Å². The molecule has 0 fully saturated rings. The number of rotatable bonds is 3. The molecule has 0 N–H and O–H groups in total. The first-order chi connectivity index (χ1) is 8.66. The number of hydrogen-bond donors (Lipinski definition) is 0. The van der Waals surface area contributed by atoms with Crippen molar-refractivity contribution in [2.75, 3.05) is 0 Å². The molecule has 1 amide bonds. The van der Waals surface area contributed by atoms with Crippen LogP contribution in [-0.2, 0) is 0 Å². The largest absolute Gasteiger partial charge is 0.282 e. The molecule has 0 atom stereocenters. The van der Waals surface area contributed by atoms with Gasteiger partial charge in [0, 0.05) is 29.6 Å². The standard InChI is InChI=1S/C11H13Cl2N3O3/c1-11(2,3)14(16(12)13)10(17)8-6-4-5-7-9(8)15(18)19/h4-7H,1-3H3. The lowest BCUT2D eigenvalue weighted by molar-refractivity contribution is -0.385. The van der Waals surface area contributed by atoms with Crippen LogP contribution in [0.25, 0.3) is 0 Å². The van der Waals surface area contributed by atoms with Gasteiger partial charge >= 0.3 is 0 Å². The monoisotopic (exact) mass is 305 g/mol. The lowest BCUT2D eigenvalue weighted by Crippen LogP contribution is -2.49. The summed E-state index contributed by atoms with van der Waals surface area (Å²) in [4.78, 5) is 22.7. The molecule has 6 nitrogen and oxygen atoms in total. The molecule has 19 heavy (non-hydrogen) atoms. The molecule has 0 radical (unpaired) electrons. The molecule has 1 rings (SSSR count). The molecule has 0 heterocycles. The van der Waals surface area contributed by atoms with E-state index < -0.39 is 16.4 Å². The van der Waals surface area contributed by atoms with E-state index in [4.69, 9.17) is 23.6 Å². The minimum Gasteiger partial charge on any atom is -0.267 e. The van der Waals surface area contributed by atoms with Crippen molar-refractivity contribution in [3.8, 4) is 0 Å². The molecule has 0 aliphatic rings. The summed E-state index contributed by atoms with van der Waals surface area (Å²) < 4.78 is 0.582. The first kappa shape index (κ1) is 15.7. The summed E-state index contributed by atoms with van der Waals surface area (Å²) in [5.74, 6) is -0.648. The van der Waals surface area contributed by atoms with Crippen molar-refractivity contribution in [3.63, 3.8) is 0 Å². The Kier molecular flexibility index (Phi) is 4.73. The number of carbonyl (C=O) groups excluding carboxylic acids is 1. The highest BCUT2D eigenvalue weighted by Gasteiger charge is 2.34. The van der Waals surface area contributed by atoms with E-state index >= 15 is 0 Å². The van der Waals surface area contributed by atoms with E-state index in [1.807, 2.05) is 0 Å². The van der Waals surface area contributed by atoms with Crippen molar-refractivity contribution in [1.82, 2.24) is 9.06 Å². The summed E-state index contributed by atoms with van der Waals surface area (Å²) in [7, 11) is 0. The average molecular weight is 306 g/mol. The highest BCUT2D eigenvalue weighted by atomic mass is 35.5. The fourth-order valence-corrected chi connectivity index (χ4v) is 2.12. The van der Waals surface area contributed by atoms with Crippen LogP contribution in [0, 0.1) is 10.1 Å². The van der Waals surface area contributed by atoms with Crippen LogP contribution in [-0.4, -0.2) is 25.4 Å². The van der Waals surface area contributed by atoms with Crippen molar-refractivity contribution in [1.29, 1.82) is 0 Å². The predicted molar refractivity (Wildman–Crippen MR) is 72.6 cm³/mol. The molecule has 0 aliphatic heterocycles. The third-order valence-corrected chi connectivity index (χ3v) is 2.61. The van der Waals surface area contributed by atoms with Crippen molar-refractivity contribution in [2.45, 2.75) is 26.3 Å². The molecular formula is C11H13Cl2N3O3. The first-order valence-corrected chi connectivity index (χ1v) is 6.03. The van der Waals surface area contributed by atoms with Gasteiger partial charge in [0.1, 0.15) is 5.56 Å². The van der Waals surface area contributed by atoms with Crippen LogP contribution in [0.15, 0.2) is 24.3 Å². The highest BCUT2D eigenvalue weighted by molar-refractivity contribution is 6.34. The summed E-state index contributed by atoms with van der Waals surface area (Å²) in [6, 6.07) is 5.63. The van der Waals surface area contributed by atoms with Crippen LogP contribution in [0.3, 0.4) is 0 Å². The van der Waals surface area contributed by atoms with Crippen LogP contribution in [0.2, 0.25) is 0 Å². The van der Waals surface area contributed by atoms with Crippen molar-refractivity contribution in [2.24, 2.45) is 0 Å². The number of amides is 1. The van der Waals surface area contributed by atoms with E-state index in [1.54, 1.807) is 20.8 Å². The Labute approximate surface area is 120 Å². The second-order valence-corrected chi connectivity index (χ2v) is 5.59. The third kappa shape index (κ3) is 3.56. The summed E-state index contributed by atoms with van der Waals surface area (Å²) in [5.41, 5.74) is -1.10. The third-order valence-electron chi connectivity index (χ3n) is 2.31. The maximum atomic E-state index is 12.4. The van der Waals surface area contributed by atoms with Gasteiger partial charge in [-0.2, -0.15) is 0 Å². The van der Waals surface area contributed by atoms with E-state index in [1.165, 1.54) is 24.3 Å². The van der Waals surface area contributed by atoms with Gasteiger partial charge in [0.2, 0.25) is 0 Å². The molecule has 0 saturated heterocycles. The quantitative estimate of drug-likeness (QED) is 0.488. The van der Waals surface area contributed by atoms with Crippen LogP contribution in [0.4, 0.5) is 5.69 Å². The zero-order valence-electron chi connectivity index (χ0n) is 10.6. The second-order valence-electron chi connectivity index (χ2n) is 4.78. The van der Waals surface area contributed by atoms with E-state index in [0.717, 1.165) is 5.01 Å². The maximum Gasteiger partial charge on any atom is 0.282 e. The normalized spacial score (nSPS) is 11.5. The fraction of sp³-hybridized carbons (Fsp3) is 0.364. The molecular weight excluding hydrogens is 293 g/mol. The molecule has 0 bridgehead atoms. The summed E-state index contributed by atoms with van der Waals surface area (Å²) in [6.45, 7) is 5.12. The van der Waals surface area contributed by atoms with Crippen molar-refractivity contribution < 1.29 is 9.72 Å². The van der Waals surface area contributed by atoms with Gasteiger partial charge in [-0.15, -0.1) is 0 Å². The molecule has 0 spiro atoms. The summed E-state index contributed by atoms with van der Waals surface area (Å²) >= 11 is 11.3. The van der Waals surface area contributed by atoms with Gasteiger partial charge in [0.15, 0.2) is 0 Å². The van der Waals surface area contributed by atoms with E-state index in [0.29, 0.717) is 4.05 Å². The highest BCUT2D eigenvalue weighted by Crippen LogP contribution is 2.27. The predicted octanol–water partition coefficient (Wildman–Crippen LogP) is 3.36. The zero-order valence-corrected chi connectivity index (χ0v) is 12.1. The lowest BCUT2D eigenvalue weighted by Gasteiger charge is -2.36. The molecule has 1 aromatic carbocycles. The summed E-state index contributed by atoms with van der Waals surface area (Å²) in [6.07, 6.45) is 0. The molecule has 0 aliphatic carbocycles. The van der Waals surface area contributed by atoms with Crippen LogP contribution in [0.1, 0.15) is 31.1 Å². The van der Waals surface area contributed by atoms with Gasteiger partial charge in [-0.25, -0.2) is 5.01 Å².